The highest BCUT2D eigenvalue weighted by Gasteiger charge is 2.12. The number of carbonyl (C=O) groups excluding carboxylic acids is 1. The van der Waals surface area contributed by atoms with E-state index in [9.17, 15) is 9.59 Å². The SMILES string of the molecule is COc1ccc(OCCC(=O)OCc2cc(=O)oc3c(C)c(C)ccc23)cc1. The van der Waals surface area contributed by atoms with E-state index in [1.165, 1.54) is 6.07 Å². The van der Waals surface area contributed by atoms with Gasteiger partial charge in [0.05, 0.1) is 20.1 Å². The Morgan fingerprint density at radius 2 is 1.75 bits per heavy atom. The third kappa shape index (κ3) is 4.52. The fraction of sp³-hybridized carbons (Fsp3) is 0.273. The van der Waals surface area contributed by atoms with Gasteiger partial charge in [0.25, 0.3) is 0 Å². The molecule has 0 saturated carbocycles. The van der Waals surface area contributed by atoms with Gasteiger partial charge in [-0.1, -0.05) is 12.1 Å². The van der Waals surface area contributed by atoms with Gasteiger partial charge in [-0.05, 0) is 49.2 Å². The average Bonchev–Trinajstić information content (AvgIpc) is 2.70. The third-order valence-electron chi connectivity index (χ3n) is 4.54. The minimum Gasteiger partial charge on any atom is -0.497 e. The molecule has 2 aromatic carbocycles. The van der Waals surface area contributed by atoms with Crippen LogP contribution in [0.2, 0.25) is 0 Å². The molecule has 0 fully saturated rings. The third-order valence-corrected chi connectivity index (χ3v) is 4.54. The molecular weight excluding hydrogens is 360 g/mol. The molecule has 0 N–H and O–H groups in total. The highest BCUT2D eigenvalue weighted by atomic mass is 16.5. The average molecular weight is 382 g/mol. The lowest BCUT2D eigenvalue weighted by molar-refractivity contribution is -0.145. The quantitative estimate of drug-likeness (QED) is 0.455. The summed E-state index contributed by atoms with van der Waals surface area (Å²) in [6.45, 7) is 4.05. The van der Waals surface area contributed by atoms with Crippen LogP contribution in [0.3, 0.4) is 0 Å². The van der Waals surface area contributed by atoms with Gasteiger partial charge >= 0.3 is 11.6 Å². The maximum Gasteiger partial charge on any atom is 0.336 e. The maximum atomic E-state index is 12.0. The van der Waals surface area contributed by atoms with Gasteiger partial charge in [0.2, 0.25) is 0 Å². The van der Waals surface area contributed by atoms with E-state index in [1.54, 1.807) is 31.4 Å². The van der Waals surface area contributed by atoms with Crippen LogP contribution in [-0.4, -0.2) is 19.7 Å². The minimum absolute atomic E-state index is 0.00592. The molecule has 0 saturated heterocycles. The Morgan fingerprint density at radius 3 is 2.46 bits per heavy atom. The molecule has 0 spiro atoms. The summed E-state index contributed by atoms with van der Waals surface area (Å²) in [5.41, 5.74) is 2.62. The lowest BCUT2D eigenvalue weighted by atomic mass is 10.0. The van der Waals surface area contributed by atoms with Crippen LogP contribution in [0, 0.1) is 13.8 Å². The van der Waals surface area contributed by atoms with Crippen molar-refractivity contribution in [2.45, 2.75) is 26.9 Å². The van der Waals surface area contributed by atoms with Crippen molar-refractivity contribution in [2.24, 2.45) is 0 Å². The van der Waals surface area contributed by atoms with Gasteiger partial charge in [-0.2, -0.15) is 0 Å². The Bertz CT molecular complexity index is 1030. The van der Waals surface area contributed by atoms with Gasteiger partial charge in [0.15, 0.2) is 0 Å². The number of rotatable bonds is 7. The highest BCUT2D eigenvalue weighted by Crippen LogP contribution is 2.24. The summed E-state index contributed by atoms with van der Waals surface area (Å²) in [7, 11) is 1.59. The molecule has 0 radical (unpaired) electrons. The normalized spacial score (nSPS) is 10.7. The van der Waals surface area contributed by atoms with Crippen LogP contribution in [0.15, 0.2) is 51.7 Å². The van der Waals surface area contributed by atoms with E-state index >= 15 is 0 Å². The van der Waals surface area contributed by atoms with Gasteiger partial charge < -0.3 is 18.6 Å². The van der Waals surface area contributed by atoms with Gasteiger partial charge in [0.1, 0.15) is 23.7 Å². The van der Waals surface area contributed by atoms with E-state index in [-0.39, 0.29) is 19.6 Å². The lowest BCUT2D eigenvalue weighted by Crippen LogP contribution is -2.11. The number of esters is 1. The van der Waals surface area contributed by atoms with Gasteiger partial charge in [-0.3, -0.25) is 4.79 Å². The Balaban J connectivity index is 1.58. The van der Waals surface area contributed by atoms with Gasteiger partial charge in [0, 0.05) is 17.0 Å². The van der Waals surface area contributed by atoms with Crippen molar-refractivity contribution < 1.29 is 23.4 Å². The number of aryl methyl sites for hydroxylation is 2. The molecule has 146 valence electrons. The Kier molecular flexibility index (Phi) is 5.99. The lowest BCUT2D eigenvalue weighted by Gasteiger charge is -2.10. The second-order valence-corrected chi connectivity index (χ2v) is 6.41. The van der Waals surface area contributed by atoms with Crippen LogP contribution >= 0.6 is 0 Å². The topological polar surface area (TPSA) is 75.0 Å². The molecule has 3 aromatic rings. The molecule has 6 heteroatoms. The molecule has 0 amide bonds. The summed E-state index contributed by atoms with van der Waals surface area (Å²) in [4.78, 5) is 23.9. The van der Waals surface area contributed by atoms with Crippen LogP contribution in [-0.2, 0) is 16.1 Å². The van der Waals surface area contributed by atoms with Crippen molar-refractivity contribution >= 4 is 16.9 Å². The van der Waals surface area contributed by atoms with Crippen LogP contribution in [0.25, 0.3) is 11.0 Å². The zero-order chi connectivity index (χ0) is 20.1. The van der Waals surface area contributed by atoms with E-state index in [0.29, 0.717) is 16.9 Å². The predicted octanol–water partition coefficient (Wildman–Crippen LogP) is 3.93. The second-order valence-electron chi connectivity index (χ2n) is 6.41. The van der Waals surface area contributed by atoms with E-state index in [2.05, 4.69) is 0 Å². The number of ether oxygens (including phenoxy) is 3. The molecule has 0 aliphatic heterocycles. The fourth-order valence-electron chi connectivity index (χ4n) is 2.80. The van der Waals surface area contributed by atoms with Crippen LogP contribution in [0.4, 0.5) is 0 Å². The van der Waals surface area contributed by atoms with E-state index < -0.39 is 11.6 Å². The zero-order valence-electron chi connectivity index (χ0n) is 16.1. The Morgan fingerprint density at radius 1 is 1.04 bits per heavy atom. The number of fused-ring (bicyclic) bond motifs is 1. The van der Waals surface area contributed by atoms with Crippen LogP contribution in [0.5, 0.6) is 11.5 Å². The minimum atomic E-state index is -0.463. The zero-order valence-corrected chi connectivity index (χ0v) is 16.1. The van der Waals surface area contributed by atoms with E-state index in [1.807, 2.05) is 26.0 Å². The Labute approximate surface area is 162 Å². The van der Waals surface area contributed by atoms with Crippen molar-refractivity contribution in [2.75, 3.05) is 13.7 Å². The number of hydrogen-bond donors (Lipinski definition) is 0. The highest BCUT2D eigenvalue weighted by molar-refractivity contribution is 5.84. The summed E-state index contributed by atoms with van der Waals surface area (Å²) < 4.78 is 21.2. The van der Waals surface area contributed by atoms with Crippen molar-refractivity contribution in [3.05, 3.63) is 69.6 Å². The molecule has 0 atom stereocenters. The molecule has 0 bridgehead atoms. The molecule has 1 heterocycles. The van der Waals surface area contributed by atoms with Crippen molar-refractivity contribution in [3.8, 4) is 11.5 Å². The van der Waals surface area contributed by atoms with Crippen molar-refractivity contribution in [3.63, 3.8) is 0 Å². The summed E-state index contributed by atoms with van der Waals surface area (Å²) in [6, 6.07) is 12.3. The number of benzene rings is 2. The molecule has 28 heavy (non-hydrogen) atoms. The molecule has 0 aliphatic rings. The smallest absolute Gasteiger partial charge is 0.336 e. The van der Waals surface area contributed by atoms with Gasteiger partial charge in [-0.25, -0.2) is 4.79 Å². The number of carbonyl (C=O) groups is 1. The van der Waals surface area contributed by atoms with E-state index in [0.717, 1.165) is 22.3 Å². The van der Waals surface area contributed by atoms with E-state index in [4.69, 9.17) is 18.6 Å². The fourth-order valence-corrected chi connectivity index (χ4v) is 2.80. The van der Waals surface area contributed by atoms with Crippen molar-refractivity contribution in [1.82, 2.24) is 0 Å². The first-order chi connectivity index (χ1) is 13.5. The largest absolute Gasteiger partial charge is 0.497 e. The molecule has 1 aromatic heterocycles. The molecule has 0 unspecified atom stereocenters. The van der Waals surface area contributed by atoms with Crippen molar-refractivity contribution in [1.29, 1.82) is 0 Å². The van der Waals surface area contributed by atoms with Gasteiger partial charge in [-0.15, -0.1) is 0 Å². The Hall–Kier alpha value is -3.28. The molecule has 3 rings (SSSR count). The number of methoxy groups -OCH3 is 1. The second kappa shape index (κ2) is 8.61. The first kappa shape index (κ1) is 19.5. The monoisotopic (exact) mass is 382 g/mol. The summed E-state index contributed by atoms with van der Waals surface area (Å²) in [6.07, 6.45) is 0.101. The summed E-state index contributed by atoms with van der Waals surface area (Å²) in [5, 5.41) is 0.769. The summed E-state index contributed by atoms with van der Waals surface area (Å²) >= 11 is 0. The molecular formula is C22H22O6. The first-order valence-electron chi connectivity index (χ1n) is 8.93. The first-order valence-corrected chi connectivity index (χ1v) is 8.93. The maximum absolute atomic E-state index is 12.0. The standard InChI is InChI=1S/C22H22O6/c1-14-4-9-19-16(12-21(24)28-22(19)15(14)2)13-27-20(23)10-11-26-18-7-5-17(25-3)6-8-18/h4-9,12H,10-11,13H2,1-3H3. The molecule has 6 nitrogen and oxygen atoms in total. The summed E-state index contributed by atoms with van der Waals surface area (Å²) in [5.74, 6) is 0.974. The van der Waals surface area contributed by atoms with Crippen LogP contribution in [0.1, 0.15) is 23.1 Å². The predicted molar refractivity (Wildman–Crippen MR) is 105 cm³/mol. The van der Waals surface area contributed by atoms with Crippen LogP contribution < -0.4 is 15.1 Å². The molecule has 0 aliphatic carbocycles. The number of hydrogen-bond acceptors (Lipinski definition) is 6.